The summed E-state index contributed by atoms with van der Waals surface area (Å²) in [6.45, 7) is 14.6. The quantitative estimate of drug-likeness (QED) is 0.0848. The summed E-state index contributed by atoms with van der Waals surface area (Å²) in [6.07, 6.45) is 21.4. The van der Waals surface area contributed by atoms with Gasteiger partial charge in [0.05, 0.1) is 0 Å². The van der Waals surface area contributed by atoms with Crippen LogP contribution in [0, 0.1) is 12.0 Å². The van der Waals surface area contributed by atoms with Crippen molar-refractivity contribution in [1.82, 2.24) is 0 Å². The first-order valence-corrected chi connectivity index (χ1v) is 15.1. The van der Waals surface area contributed by atoms with Gasteiger partial charge in [-0.3, -0.25) is 0 Å². The van der Waals surface area contributed by atoms with Gasteiger partial charge >= 0.3 is 0 Å². The van der Waals surface area contributed by atoms with E-state index in [9.17, 15) is 0 Å². The minimum absolute atomic E-state index is 0.104. The highest BCUT2D eigenvalue weighted by Gasteiger charge is 2.52. The van der Waals surface area contributed by atoms with Gasteiger partial charge in [-0.2, -0.15) is 0 Å². The highest BCUT2D eigenvalue weighted by Crippen LogP contribution is 2.53. The molecule has 36 heavy (non-hydrogen) atoms. The molecule has 1 rings (SSSR count). The van der Waals surface area contributed by atoms with Gasteiger partial charge in [0.25, 0.3) is 0 Å². The monoisotopic (exact) mass is 499 g/mol. The number of ether oxygens (including phenoxy) is 2. The second kappa shape index (κ2) is 19.7. The van der Waals surface area contributed by atoms with Crippen molar-refractivity contribution < 1.29 is 9.47 Å². The van der Waals surface area contributed by atoms with E-state index >= 15 is 0 Å². The van der Waals surface area contributed by atoms with E-state index in [0.717, 1.165) is 44.1 Å². The van der Waals surface area contributed by atoms with Crippen LogP contribution in [0.25, 0.3) is 4.85 Å². The van der Waals surface area contributed by atoms with E-state index in [-0.39, 0.29) is 11.5 Å². The van der Waals surface area contributed by atoms with Crippen molar-refractivity contribution in [2.75, 3.05) is 14.2 Å². The molecule has 0 saturated heterocycles. The first-order chi connectivity index (χ1) is 17.6. The van der Waals surface area contributed by atoms with Gasteiger partial charge in [-0.05, 0) is 32.1 Å². The van der Waals surface area contributed by atoms with Crippen LogP contribution in [-0.4, -0.2) is 20.3 Å². The van der Waals surface area contributed by atoms with Gasteiger partial charge in [-0.15, -0.1) is 0 Å². The van der Waals surface area contributed by atoms with Crippen LogP contribution in [0.3, 0.4) is 0 Å². The fourth-order valence-electron chi connectivity index (χ4n) is 6.10. The summed E-state index contributed by atoms with van der Waals surface area (Å²) >= 11 is 0. The standard InChI is InChI=1S/C33H57NO2/c1-7-10-13-15-16-21-28-32(27-12-9-3,29-22-26-31(34-4)25-20-14-11-8-2)33(35-5,36-6)30-23-18-17-19-24-30/h17-19,23-24,31H,7-16,20-22,25-29H2,1-3,5-6H3. The van der Waals surface area contributed by atoms with Crippen LogP contribution in [0.2, 0.25) is 0 Å². The second-order valence-electron chi connectivity index (χ2n) is 10.8. The number of benzene rings is 1. The van der Waals surface area contributed by atoms with E-state index in [4.69, 9.17) is 16.0 Å². The number of methoxy groups -OCH3 is 2. The van der Waals surface area contributed by atoms with E-state index in [1.807, 2.05) is 14.2 Å². The van der Waals surface area contributed by atoms with Gasteiger partial charge in [0.15, 0.2) is 5.79 Å². The Morgan fingerprint density at radius 3 is 1.75 bits per heavy atom. The molecule has 0 spiro atoms. The SMILES string of the molecule is [C-]#[N+]C(CCCCCC)CCCC(CCCC)(CCCCCCCC)C(OC)(OC)c1ccccc1. The minimum Gasteiger partial charge on any atom is -0.349 e. The zero-order valence-electron chi connectivity index (χ0n) is 24.5. The van der Waals surface area contributed by atoms with Crippen molar-refractivity contribution in [3.05, 3.63) is 47.3 Å². The Hall–Kier alpha value is -1.37. The maximum absolute atomic E-state index is 7.78. The zero-order valence-corrected chi connectivity index (χ0v) is 24.5. The van der Waals surface area contributed by atoms with E-state index in [0.29, 0.717) is 0 Å². The average molecular weight is 500 g/mol. The fraction of sp³-hybridized carbons (Fsp3) is 0.788. The Morgan fingerprint density at radius 2 is 1.17 bits per heavy atom. The lowest BCUT2D eigenvalue weighted by Crippen LogP contribution is -2.49. The molecule has 0 radical (unpaired) electrons. The van der Waals surface area contributed by atoms with Crippen LogP contribution in [0.5, 0.6) is 0 Å². The number of rotatable bonds is 23. The number of hydrogen-bond donors (Lipinski definition) is 0. The molecule has 3 nitrogen and oxygen atoms in total. The zero-order chi connectivity index (χ0) is 26.5. The molecule has 0 heterocycles. The molecule has 0 aliphatic carbocycles. The first kappa shape index (κ1) is 32.7. The molecule has 0 amide bonds. The smallest absolute Gasteiger partial charge is 0.223 e. The third-order valence-corrected chi connectivity index (χ3v) is 8.21. The first-order valence-electron chi connectivity index (χ1n) is 15.1. The molecule has 206 valence electrons. The number of hydrogen-bond acceptors (Lipinski definition) is 2. The molecule has 2 unspecified atom stereocenters. The molecule has 0 saturated carbocycles. The summed E-state index contributed by atoms with van der Waals surface area (Å²) in [5, 5.41) is 0. The van der Waals surface area contributed by atoms with E-state index < -0.39 is 5.79 Å². The Bertz CT molecular complexity index is 679. The van der Waals surface area contributed by atoms with Crippen molar-refractivity contribution >= 4 is 0 Å². The summed E-state index contributed by atoms with van der Waals surface area (Å²) in [5.41, 5.74) is 1.02. The van der Waals surface area contributed by atoms with Crippen molar-refractivity contribution in [3.63, 3.8) is 0 Å². The van der Waals surface area contributed by atoms with Gasteiger partial charge in [0, 0.05) is 38.0 Å². The maximum atomic E-state index is 7.78. The topological polar surface area (TPSA) is 22.8 Å². The average Bonchev–Trinajstić information content (AvgIpc) is 2.92. The molecule has 0 aliphatic rings. The van der Waals surface area contributed by atoms with Gasteiger partial charge in [0.1, 0.15) is 0 Å². The lowest BCUT2D eigenvalue weighted by molar-refractivity contribution is -0.295. The molecule has 0 aromatic heterocycles. The molecule has 2 atom stereocenters. The predicted octanol–water partition coefficient (Wildman–Crippen LogP) is 10.5. The Morgan fingerprint density at radius 1 is 0.667 bits per heavy atom. The third kappa shape index (κ3) is 10.2. The normalized spacial score (nSPS) is 14.3. The third-order valence-electron chi connectivity index (χ3n) is 8.21. The summed E-state index contributed by atoms with van der Waals surface area (Å²) in [5.74, 6) is -0.762. The van der Waals surface area contributed by atoms with Gasteiger partial charge in [-0.1, -0.05) is 122 Å². The molecule has 1 aromatic rings. The van der Waals surface area contributed by atoms with Crippen molar-refractivity contribution in [2.24, 2.45) is 5.41 Å². The summed E-state index contributed by atoms with van der Waals surface area (Å²) in [6, 6.07) is 10.8. The van der Waals surface area contributed by atoms with E-state index in [1.54, 1.807) is 0 Å². The minimum atomic E-state index is -0.762. The Labute approximate surface area is 224 Å². The predicted molar refractivity (Wildman–Crippen MR) is 155 cm³/mol. The van der Waals surface area contributed by atoms with Crippen LogP contribution < -0.4 is 0 Å². The van der Waals surface area contributed by atoms with Crippen LogP contribution in [-0.2, 0) is 15.3 Å². The largest absolute Gasteiger partial charge is 0.349 e. The van der Waals surface area contributed by atoms with Gasteiger partial charge in [-0.25, -0.2) is 6.57 Å². The number of nitrogens with zero attached hydrogens (tertiary/aromatic N) is 1. The van der Waals surface area contributed by atoms with Crippen LogP contribution in [0.4, 0.5) is 0 Å². The van der Waals surface area contributed by atoms with Crippen LogP contribution in [0.1, 0.15) is 142 Å². The molecule has 0 N–H and O–H groups in total. The van der Waals surface area contributed by atoms with Crippen LogP contribution >= 0.6 is 0 Å². The van der Waals surface area contributed by atoms with E-state index in [1.165, 1.54) is 77.0 Å². The highest BCUT2D eigenvalue weighted by atomic mass is 16.7. The van der Waals surface area contributed by atoms with Crippen LogP contribution in [0.15, 0.2) is 30.3 Å². The summed E-state index contributed by atoms with van der Waals surface area (Å²) in [7, 11) is 3.65. The molecular weight excluding hydrogens is 442 g/mol. The number of unbranched alkanes of at least 4 members (excludes halogenated alkanes) is 9. The van der Waals surface area contributed by atoms with Crippen molar-refractivity contribution in [3.8, 4) is 0 Å². The van der Waals surface area contributed by atoms with Crippen molar-refractivity contribution in [2.45, 2.75) is 148 Å². The van der Waals surface area contributed by atoms with Crippen molar-refractivity contribution in [1.29, 1.82) is 0 Å². The Kier molecular flexibility index (Phi) is 17.9. The lowest BCUT2D eigenvalue weighted by Gasteiger charge is -2.50. The molecule has 0 fully saturated rings. The summed E-state index contributed by atoms with van der Waals surface area (Å²) in [4.78, 5) is 4.02. The maximum Gasteiger partial charge on any atom is 0.223 e. The summed E-state index contributed by atoms with van der Waals surface area (Å²) < 4.78 is 12.8. The van der Waals surface area contributed by atoms with Gasteiger partial charge in [0.2, 0.25) is 6.04 Å². The van der Waals surface area contributed by atoms with Gasteiger partial charge < -0.3 is 14.3 Å². The lowest BCUT2D eigenvalue weighted by atomic mass is 9.65. The molecule has 1 aromatic carbocycles. The highest BCUT2D eigenvalue weighted by molar-refractivity contribution is 5.24. The molecule has 3 heteroatoms. The fourth-order valence-corrected chi connectivity index (χ4v) is 6.10. The Balaban J connectivity index is 3.16. The molecular formula is C33H57NO2. The van der Waals surface area contributed by atoms with E-state index in [2.05, 4.69) is 55.9 Å². The molecule has 0 aliphatic heterocycles. The second-order valence-corrected chi connectivity index (χ2v) is 10.8. The molecule has 0 bridgehead atoms.